The van der Waals surface area contributed by atoms with Crippen LogP contribution in [0.1, 0.15) is 29.2 Å². The number of aliphatic hydroxyl groups excluding tert-OH is 1. The maximum absolute atomic E-state index is 8.95. The Hall–Kier alpha value is -0.820. The lowest BCUT2D eigenvalue weighted by Crippen LogP contribution is -1.94. The minimum atomic E-state index is 0.145. The van der Waals surface area contributed by atoms with E-state index < -0.39 is 0 Å². The van der Waals surface area contributed by atoms with Gasteiger partial charge >= 0.3 is 0 Å². The average molecular weight is 164 g/mol. The molecular formula is C11H16O. The van der Waals surface area contributed by atoms with E-state index >= 15 is 0 Å². The number of benzene rings is 1. The molecule has 0 aliphatic heterocycles. The van der Waals surface area contributed by atoms with Crippen molar-refractivity contribution in [2.75, 3.05) is 0 Å². The van der Waals surface area contributed by atoms with Crippen molar-refractivity contribution < 1.29 is 5.11 Å². The van der Waals surface area contributed by atoms with Gasteiger partial charge in [0.2, 0.25) is 0 Å². The first-order valence-corrected chi connectivity index (χ1v) is 4.39. The van der Waals surface area contributed by atoms with E-state index in [9.17, 15) is 0 Å². The second kappa shape index (κ2) is 3.72. The first-order chi connectivity index (χ1) is 5.69. The largest absolute Gasteiger partial charge is 0.392 e. The van der Waals surface area contributed by atoms with Crippen molar-refractivity contribution in [2.24, 2.45) is 0 Å². The van der Waals surface area contributed by atoms with Gasteiger partial charge in [-0.2, -0.15) is 0 Å². The van der Waals surface area contributed by atoms with E-state index in [1.807, 2.05) is 0 Å². The van der Waals surface area contributed by atoms with Crippen LogP contribution < -0.4 is 0 Å². The van der Waals surface area contributed by atoms with Crippen LogP contribution in [0, 0.1) is 13.8 Å². The Morgan fingerprint density at radius 3 is 2.00 bits per heavy atom. The highest BCUT2D eigenvalue weighted by atomic mass is 16.3. The Morgan fingerprint density at radius 1 is 1.17 bits per heavy atom. The van der Waals surface area contributed by atoms with Gasteiger partial charge in [0.1, 0.15) is 0 Å². The van der Waals surface area contributed by atoms with Gasteiger partial charge in [-0.25, -0.2) is 0 Å². The molecule has 0 heterocycles. The van der Waals surface area contributed by atoms with Gasteiger partial charge in [0.25, 0.3) is 0 Å². The van der Waals surface area contributed by atoms with Crippen LogP contribution in [-0.2, 0) is 13.0 Å². The van der Waals surface area contributed by atoms with Crippen molar-refractivity contribution in [2.45, 2.75) is 33.8 Å². The van der Waals surface area contributed by atoms with E-state index in [4.69, 9.17) is 5.11 Å². The molecule has 0 unspecified atom stereocenters. The smallest absolute Gasteiger partial charge is 0.0682 e. The Labute approximate surface area is 74.1 Å². The summed E-state index contributed by atoms with van der Waals surface area (Å²) in [6.45, 7) is 6.51. The van der Waals surface area contributed by atoms with Crippen molar-refractivity contribution in [3.63, 3.8) is 0 Å². The molecule has 0 spiro atoms. The van der Waals surface area contributed by atoms with Gasteiger partial charge in [-0.3, -0.25) is 0 Å². The molecule has 0 aliphatic rings. The van der Waals surface area contributed by atoms with Gasteiger partial charge in [0, 0.05) is 0 Å². The van der Waals surface area contributed by atoms with Crippen LogP contribution in [0.15, 0.2) is 12.1 Å². The lowest BCUT2D eigenvalue weighted by atomic mass is 9.98. The Bertz CT molecular complexity index is 253. The Balaban J connectivity index is 3.18. The molecule has 0 bridgehead atoms. The zero-order valence-corrected chi connectivity index (χ0v) is 8.02. The monoisotopic (exact) mass is 164 g/mol. The molecule has 0 saturated carbocycles. The second-order valence-electron chi connectivity index (χ2n) is 3.22. The summed E-state index contributed by atoms with van der Waals surface area (Å²) < 4.78 is 0. The van der Waals surface area contributed by atoms with Gasteiger partial charge in [0.05, 0.1) is 6.61 Å². The van der Waals surface area contributed by atoms with Crippen molar-refractivity contribution >= 4 is 0 Å². The molecule has 1 nitrogen and oxygen atoms in total. The molecule has 66 valence electrons. The summed E-state index contributed by atoms with van der Waals surface area (Å²) in [6, 6.07) is 4.12. The Kier molecular flexibility index (Phi) is 2.88. The molecule has 0 amide bonds. The lowest BCUT2D eigenvalue weighted by Gasteiger charge is -2.09. The SMILES string of the molecule is CCc1c(C)cc(CO)cc1C. The van der Waals surface area contributed by atoms with Crippen molar-refractivity contribution in [1.29, 1.82) is 0 Å². The summed E-state index contributed by atoms with van der Waals surface area (Å²) in [5, 5.41) is 8.95. The van der Waals surface area contributed by atoms with E-state index in [0.717, 1.165) is 12.0 Å². The summed E-state index contributed by atoms with van der Waals surface area (Å²) in [7, 11) is 0. The van der Waals surface area contributed by atoms with Crippen LogP contribution in [0.4, 0.5) is 0 Å². The van der Waals surface area contributed by atoms with E-state index in [1.165, 1.54) is 16.7 Å². The highest BCUT2D eigenvalue weighted by molar-refractivity contribution is 5.37. The summed E-state index contributed by atoms with van der Waals surface area (Å²) in [5.41, 5.74) is 5.01. The standard InChI is InChI=1S/C11H16O/c1-4-11-8(2)5-10(7-12)6-9(11)3/h5-6,12H,4,7H2,1-3H3. The third-order valence-electron chi connectivity index (χ3n) is 2.29. The van der Waals surface area contributed by atoms with Crippen LogP contribution in [-0.4, -0.2) is 5.11 Å². The van der Waals surface area contributed by atoms with E-state index in [-0.39, 0.29) is 6.61 Å². The van der Waals surface area contributed by atoms with E-state index in [2.05, 4.69) is 32.9 Å². The molecule has 0 aliphatic carbocycles. The van der Waals surface area contributed by atoms with Crippen molar-refractivity contribution in [3.8, 4) is 0 Å². The van der Waals surface area contributed by atoms with E-state index in [0.29, 0.717) is 0 Å². The van der Waals surface area contributed by atoms with Gasteiger partial charge in [0.15, 0.2) is 0 Å². The molecule has 0 radical (unpaired) electrons. The summed E-state index contributed by atoms with van der Waals surface area (Å²) >= 11 is 0. The molecule has 12 heavy (non-hydrogen) atoms. The molecular weight excluding hydrogens is 148 g/mol. The van der Waals surface area contributed by atoms with Crippen LogP contribution in [0.5, 0.6) is 0 Å². The van der Waals surface area contributed by atoms with Crippen LogP contribution in [0.25, 0.3) is 0 Å². The average Bonchev–Trinajstić information content (AvgIpc) is 2.03. The number of hydrogen-bond acceptors (Lipinski definition) is 1. The van der Waals surface area contributed by atoms with Crippen molar-refractivity contribution in [3.05, 3.63) is 34.4 Å². The number of aliphatic hydroxyl groups is 1. The first-order valence-electron chi connectivity index (χ1n) is 4.39. The van der Waals surface area contributed by atoms with Gasteiger partial charge in [-0.15, -0.1) is 0 Å². The molecule has 0 fully saturated rings. The molecule has 0 atom stereocenters. The highest BCUT2D eigenvalue weighted by Gasteiger charge is 2.01. The highest BCUT2D eigenvalue weighted by Crippen LogP contribution is 2.16. The number of hydrogen-bond donors (Lipinski definition) is 1. The predicted molar refractivity (Wildman–Crippen MR) is 51.2 cm³/mol. The van der Waals surface area contributed by atoms with Gasteiger partial charge in [-0.05, 0) is 42.5 Å². The fraction of sp³-hybridized carbons (Fsp3) is 0.455. The topological polar surface area (TPSA) is 20.2 Å². The van der Waals surface area contributed by atoms with Crippen LogP contribution in [0.2, 0.25) is 0 Å². The normalized spacial score (nSPS) is 10.3. The lowest BCUT2D eigenvalue weighted by molar-refractivity contribution is 0.281. The minimum absolute atomic E-state index is 0.145. The molecule has 0 saturated heterocycles. The molecule has 1 aromatic rings. The molecule has 1 N–H and O–H groups in total. The maximum Gasteiger partial charge on any atom is 0.0682 e. The molecule has 1 aromatic carbocycles. The fourth-order valence-corrected chi connectivity index (χ4v) is 1.73. The number of rotatable bonds is 2. The van der Waals surface area contributed by atoms with Crippen LogP contribution >= 0.6 is 0 Å². The maximum atomic E-state index is 8.95. The first kappa shape index (κ1) is 9.27. The Morgan fingerprint density at radius 2 is 1.67 bits per heavy atom. The second-order valence-corrected chi connectivity index (χ2v) is 3.22. The molecule has 0 aromatic heterocycles. The minimum Gasteiger partial charge on any atom is -0.392 e. The third-order valence-corrected chi connectivity index (χ3v) is 2.29. The molecule has 1 rings (SSSR count). The number of aryl methyl sites for hydroxylation is 2. The summed E-state index contributed by atoms with van der Waals surface area (Å²) in [4.78, 5) is 0. The third kappa shape index (κ3) is 1.67. The summed E-state index contributed by atoms with van der Waals surface area (Å²) in [6.07, 6.45) is 1.07. The molecule has 1 heteroatoms. The predicted octanol–water partition coefficient (Wildman–Crippen LogP) is 2.36. The van der Waals surface area contributed by atoms with Crippen LogP contribution in [0.3, 0.4) is 0 Å². The summed E-state index contributed by atoms with van der Waals surface area (Å²) in [5.74, 6) is 0. The zero-order valence-electron chi connectivity index (χ0n) is 8.02. The van der Waals surface area contributed by atoms with E-state index in [1.54, 1.807) is 0 Å². The van der Waals surface area contributed by atoms with Crippen molar-refractivity contribution in [1.82, 2.24) is 0 Å². The van der Waals surface area contributed by atoms with Gasteiger partial charge in [-0.1, -0.05) is 19.1 Å². The quantitative estimate of drug-likeness (QED) is 0.711. The van der Waals surface area contributed by atoms with Gasteiger partial charge < -0.3 is 5.11 Å². The fourth-order valence-electron chi connectivity index (χ4n) is 1.73. The zero-order chi connectivity index (χ0) is 9.14.